The fourth-order valence-corrected chi connectivity index (χ4v) is 1.35. The molecule has 0 atom stereocenters. The minimum atomic E-state index is 0.706. The van der Waals surface area contributed by atoms with Gasteiger partial charge in [-0.2, -0.15) is 0 Å². The molecule has 0 bridgehead atoms. The maximum absolute atomic E-state index is 4.34. The summed E-state index contributed by atoms with van der Waals surface area (Å²) in [5, 5.41) is 1.79. The third kappa shape index (κ3) is 1.32. The number of benzene rings is 1. The first-order valence-electron chi connectivity index (χ1n) is 3.67. The highest BCUT2D eigenvalue weighted by Gasteiger charge is 1.95. The molecule has 2 rings (SSSR count). The van der Waals surface area contributed by atoms with Gasteiger partial charge in [-0.1, -0.05) is 34.1 Å². The minimum Gasteiger partial charge on any atom is -0.240 e. The average Bonchev–Trinajstić information content (AvgIpc) is 2.17. The van der Waals surface area contributed by atoms with E-state index in [-0.39, 0.29) is 0 Å². The zero-order chi connectivity index (χ0) is 8.39. The Morgan fingerprint density at radius 2 is 2.08 bits per heavy atom. The average molecular weight is 223 g/mol. The predicted octanol–water partition coefficient (Wildman–Crippen LogP) is 2.52. The molecule has 0 aliphatic heterocycles. The van der Waals surface area contributed by atoms with Crippen LogP contribution in [0.3, 0.4) is 0 Å². The summed E-state index contributed by atoms with van der Waals surface area (Å²) in [7, 11) is 0. The van der Waals surface area contributed by atoms with Crippen LogP contribution in [0.2, 0.25) is 0 Å². The summed E-state index contributed by atoms with van der Waals surface area (Å²) in [6.07, 6.45) is 1.85. The fraction of sp³-hybridized carbons (Fsp3) is 0.111. The lowest BCUT2D eigenvalue weighted by Gasteiger charge is -1.97. The van der Waals surface area contributed by atoms with E-state index < -0.39 is 0 Å². The Morgan fingerprint density at radius 1 is 1.25 bits per heavy atom. The molecular formula is C9H7BrN2. The SMILES string of the molecule is BrCc1ncc2ccccc2n1. The predicted molar refractivity (Wildman–Crippen MR) is 52.2 cm³/mol. The number of alkyl halides is 1. The number of rotatable bonds is 1. The van der Waals surface area contributed by atoms with E-state index in [0.717, 1.165) is 16.7 Å². The molecular weight excluding hydrogens is 216 g/mol. The third-order valence-corrected chi connectivity index (χ3v) is 2.16. The molecule has 0 aliphatic carbocycles. The highest BCUT2D eigenvalue weighted by atomic mass is 79.9. The Kier molecular flexibility index (Phi) is 2.04. The molecule has 0 unspecified atom stereocenters. The van der Waals surface area contributed by atoms with Gasteiger partial charge in [-0.3, -0.25) is 0 Å². The van der Waals surface area contributed by atoms with Gasteiger partial charge >= 0.3 is 0 Å². The van der Waals surface area contributed by atoms with Gasteiger partial charge in [0, 0.05) is 11.6 Å². The number of hydrogen-bond donors (Lipinski definition) is 0. The lowest BCUT2D eigenvalue weighted by Crippen LogP contribution is -1.90. The Hall–Kier alpha value is -0.960. The van der Waals surface area contributed by atoms with Gasteiger partial charge in [0.05, 0.1) is 10.8 Å². The maximum atomic E-state index is 4.34. The number of nitrogens with zero attached hydrogens (tertiary/aromatic N) is 2. The summed E-state index contributed by atoms with van der Waals surface area (Å²) >= 11 is 3.32. The number of hydrogen-bond acceptors (Lipinski definition) is 2. The zero-order valence-corrected chi connectivity index (χ0v) is 7.95. The molecule has 3 heteroatoms. The van der Waals surface area contributed by atoms with Gasteiger partial charge in [0.2, 0.25) is 0 Å². The lowest BCUT2D eigenvalue weighted by molar-refractivity contribution is 1.08. The number of aromatic nitrogens is 2. The first-order chi connectivity index (χ1) is 5.90. The molecule has 60 valence electrons. The monoisotopic (exact) mass is 222 g/mol. The van der Waals surface area contributed by atoms with Crippen LogP contribution >= 0.6 is 15.9 Å². The molecule has 0 aliphatic rings. The van der Waals surface area contributed by atoms with Crippen molar-refractivity contribution in [1.82, 2.24) is 9.97 Å². The quantitative estimate of drug-likeness (QED) is 0.694. The van der Waals surface area contributed by atoms with E-state index in [1.165, 1.54) is 0 Å². The topological polar surface area (TPSA) is 25.8 Å². The van der Waals surface area contributed by atoms with Crippen LogP contribution in [0.25, 0.3) is 10.9 Å². The van der Waals surface area contributed by atoms with Crippen molar-refractivity contribution in [2.24, 2.45) is 0 Å². The van der Waals surface area contributed by atoms with Crippen molar-refractivity contribution < 1.29 is 0 Å². The molecule has 0 N–H and O–H groups in total. The van der Waals surface area contributed by atoms with Crippen LogP contribution in [0.15, 0.2) is 30.5 Å². The van der Waals surface area contributed by atoms with Gasteiger partial charge < -0.3 is 0 Å². The molecule has 1 heterocycles. The van der Waals surface area contributed by atoms with E-state index in [0.29, 0.717) is 5.33 Å². The van der Waals surface area contributed by atoms with Crippen molar-refractivity contribution in [2.45, 2.75) is 5.33 Å². The van der Waals surface area contributed by atoms with Gasteiger partial charge in [0.1, 0.15) is 5.82 Å². The van der Waals surface area contributed by atoms with E-state index in [2.05, 4.69) is 25.9 Å². The minimum absolute atomic E-state index is 0.706. The van der Waals surface area contributed by atoms with E-state index in [9.17, 15) is 0 Å². The number of para-hydroxylation sites is 1. The van der Waals surface area contributed by atoms with Crippen LogP contribution in [0, 0.1) is 0 Å². The van der Waals surface area contributed by atoms with Crippen molar-refractivity contribution in [2.75, 3.05) is 0 Å². The normalized spacial score (nSPS) is 10.4. The number of fused-ring (bicyclic) bond motifs is 1. The smallest absolute Gasteiger partial charge is 0.139 e. The largest absolute Gasteiger partial charge is 0.240 e. The van der Waals surface area contributed by atoms with Crippen molar-refractivity contribution >= 4 is 26.8 Å². The van der Waals surface area contributed by atoms with Crippen LogP contribution < -0.4 is 0 Å². The molecule has 0 radical (unpaired) electrons. The summed E-state index contributed by atoms with van der Waals surface area (Å²) in [4.78, 5) is 8.50. The summed E-state index contributed by atoms with van der Waals surface area (Å²) < 4.78 is 0. The van der Waals surface area contributed by atoms with Crippen LogP contribution in [-0.4, -0.2) is 9.97 Å². The highest BCUT2D eigenvalue weighted by Crippen LogP contribution is 2.10. The van der Waals surface area contributed by atoms with Gasteiger partial charge in [-0.05, 0) is 6.07 Å². The maximum Gasteiger partial charge on any atom is 0.139 e. The Morgan fingerprint density at radius 3 is 2.92 bits per heavy atom. The molecule has 0 amide bonds. The van der Waals surface area contributed by atoms with Crippen molar-refractivity contribution in [3.63, 3.8) is 0 Å². The second-order valence-electron chi connectivity index (χ2n) is 2.48. The molecule has 0 saturated heterocycles. The highest BCUT2D eigenvalue weighted by molar-refractivity contribution is 9.08. The molecule has 0 fully saturated rings. The third-order valence-electron chi connectivity index (χ3n) is 1.66. The summed E-state index contributed by atoms with van der Waals surface area (Å²) in [6.45, 7) is 0. The van der Waals surface area contributed by atoms with Gasteiger partial charge in [-0.25, -0.2) is 9.97 Å². The molecule has 2 nitrogen and oxygen atoms in total. The van der Waals surface area contributed by atoms with E-state index >= 15 is 0 Å². The lowest BCUT2D eigenvalue weighted by atomic mass is 10.2. The van der Waals surface area contributed by atoms with Crippen molar-refractivity contribution in [3.8, 4) is 0 Å². The van der Waals surface area contributed by atoms with Gasteiger partial charge in [-0.15, -0.1) is 0 Å². The summed E-state index contributed by atoms with van der Waals surface area (Å²) in [6, 6.07) is 7.96. The zero-order valence-electron chi connectivity index (χ0n) is 6.37. The standard InChI is InChI=1S/C9H7BrN2/c10-5-9-11-6-7-3-1-2-4-8(7)12-9/h1-4,6H,5H2. The first-order valence-corrected chi connectivity index (χ1v) is 4.79. The van der Waals surface area contributed by atoms with E-state index in [1.807, 2.05) is 30.5 Å². The molecule has 1 aromatic heterocycles. The molecule has 12 heavy (non-hydrogen) atoms. The summed E-state index contributed by atoms with van der Waals surface area (Å²) in [5.74, 6) is 0.828. The van der Waals surface area contributed by atoms with E-state index in [1.54, 1.807) is 0 Å². The van der Waals surface area contributed by atoms with Crippen molar-refractivity contribution in [3.05, 3.63) is 36.3 Å². The van der Waals surface area contributed by atoms with Crippen LogP contribution in [0.1, 0.15) is 5.82 Å². The molecule has 2 aromatic rings. The second-order valence-corrected chi connectivity index (χ2v) is 3.04. The second kappa shape index (κ2) is 3.19. The van der Waals surface area contributed by atoms with Crippen molar-refractivity contribution in [1.29, 1.82) is 0 Å². The summed E-state index contributed by atoms with van der Waals surface area (Å²) in [5.41, 5.74) is 1.00. The Bertz CT molecular complexity index is 400. The fourth-order valence-electron chi connectivity index (χ4n) is 1.07. The van der Waals surface area contributed by atoms with Gasteiger partial charge in [0.15, 0.2) is 0 Å². The van der Waals surface area contributed by atoms with Crippen LogP contribution in [-0.2, 0) is 5.33 Å². The Labute approximate surface area is 78.8 Å². The number of halogens is 1. The Balaban J connectivity index is 2.67. The van der Waals surface area contributed by atoms with Crippen LogP contribution in [0.4, 0.5) is 0 Å². The first kappa shape index (κ1) is 7.68. The molecule has 0 spiro atoms. The van der Waals surface area contributed by atoms with Crippen LogP contribution in [0.5, 0.6) is 0 Å². The molecule has 1 aromatic carbocycles. The van der Waals surface area contributed by atoms with Gasteiger partial charge in [0.25, 0.3) is 0 Å². The molecule has 0 saturated carbocycles. The van der Waals surface area contributed by atoms with E-state index in [4.69, 9.17) is 0 Å².